The van der Waals surface area contributed by atoms with Crippen molar-refractivity contribution < 1.29 is 0 Å². The van der Waals surface area contributed by atoms with Gasteiger partial charge in [-0.3, -0.25) is 4.98 Å². The number of pyridine rings is 1. The maximum absolute atomic E-state index is 4.31. The Morgan fingerprint density at radius 2 is 1.93 bits per heavy atom. The summed E-state index contributed by atoms with van der Waals surface area (Å²) in [6.45, 7) is 6.44. The van der Waals surface area contributed by atoms with Crippen molar-refractivity contribution in [3.05, 3.63) is 36.5 Å². The first-order chi connectivity index (χ1) is 7.35. The predicted octanol–water partition coefficient (Wildman–Crippen LogP) is 3.08. The van der Waals surface area contributed by atoms with Crippen molar-refractivity contribution in [2.75, 3.05) is 18.0 Å². The van der Waals surface area contributed by atoms with Crippen LogP contribution in [0.15, 0.2) is 36.5 Å². The van der Waals surface area contributed by atoms with Crippen LogP contribution < -0.4 is 4.90 Å². The SMILES string of the molecule is CCN(CC)c1ccc2ncccc2c1. The van der Waals surface area contributed by atoms with Gasteiger partial charge in [0.15, 0.2) is 0 Å². The molecule has 1 aromatic heterocycles. The van der Waals surface area contributed by atoms with Crippen molar-refractivity contribution in [3.63, 3.8) is 0 Å². The molecule has 0 aliphatic carbocycles. The number of anilines is 1. The van der Waals surface area contributed by atoms with Crippen LogP contribution in [-0.2, 0) is 0 Å². The van der Waals surface area contributed by atoms with Gasteiger partial charge < -0.3 is 4.90 Å². The predicted molar refractivity (Wildman–Crippen MR) is 65.3 cm³/mol. The van der Waals surface area contributed by atoms with Crippen LogP contribution in [-0.4, -0.2) is 18.1 Å². The zero-order valence-electron chi connectivity index (χ0n) is 9.27. The molecular weight excluding hydrogens is 184 g/mol. The van der Waals surface area contributed by atoms with Gasteiger partial charge in [-0.15, -0.1) is 0 Å². The summed E-state index contributed by atoms with van der Waals surface area (Å²) in [4.78, 5) is 6.65. The molecule has 0 amide bonds. The van der Waals surface area contributed by atoms with Gasteiger partial charge in [-0.25, -0.2) is 0 Å². The molecule has 1 aromatic carbocycles. The van der Waals surface area contributed by atoms with Gasteiger partial charge >= 0.3 is 0 Å². The molecule has 2 nitrogen and oxygen atoms in total. The van der Waals surface area contributed by atoms with E-state index in [0.717, 1.165) is 18.6 Å². The molecule has 0 unspecified atom stereocenters. The fraction of sp³-hybridized carbons (Fsp3) is 0.308. The second kappa shape index (κ2) is 4.30. The zero-order valence-corrected chi connectivity index (χ0v) is 9.27. The minimum atomic E-state index is 1.04. The average molecular weight is 200 g/mol. The minimum Gasteiger partial charge on any atom is -0.372 e. The lowest BCUT2D eigenvalue weighted by atomic mass is 10.2. The highest BCUT2D eigenvalue weighted by molar-refractivity contribution is 5.82. The van der Waals surface area contributed by atoms with Gasteiger partial charge in [-0.05, 0) is 38.1 Å². The van der Waals surface area contributed by atoms with E-state index in [0.29, 0.717) is 0 Å². The van der Waals surface area contributed by atoms with E-state index in [4.69, 9.17) is 0 Å². The van der Waals surface area contributed by atoms with Crippen LogP contribution in [0.2, 0.25) is 0 Å². The number of aromatic nitrogens is 1. The highest BCUT2D eigenvalue weighted by atomic mass is 15.1. The summed E-state index contributed by atoms with van der Waals surface area (Å²) in [7, 11) is 0. The monoisotopic (exact) mass is 200 g/mol. The van der Waals surface area contributed by atoms with Crippen molar-refractivity contribution in [2.24, 2.45) is 0 Å². The van der Waals surface area contributed by atoms with E-state index in [1.54, 1.807) is 0 Å². The number of rotatable bonds is 3. The molecule has 0 radical (unpaired) electrons. The summed E-state index contributed by atoms with van der Waals surface area (Å²) in [5, 5.41) is 1.21. The lowest BCUT2D eigenvalue weighted by molar-refractivity contribution is 0.867. The summed E-state index contributed by atoms with van der Waals surface area (Å²) in [5.74, 6) is 0. The van der Waals surface area contributed by atoms with E-state index >= 15 is 0 Å². The van der Waals surface area contributed by atoms with Gasteiger partial charge in [0.25, 0.3) is 0 Å². The fourth-order valence-electron chi connectivity index (χ4n) is 1.85. The van der Waals surface area contributed by atoms with Gasteiger partial charge in [0.1, 0.15) is 0 Å². The van der Waals surface area contributed by atoms with Gasteiger partial charge in [-0.1, -0.05) is 6.07 Å². The molecule has 2 heteroatoms. The molecule has 0 N–H and O–H groups in total. The second-order valence-electron chi connectivity index (χ2n) is 3.55. The maximum Gasteiger partial charge on any atom is 0.0703 e. The Morgan fingerprint density at radius 1 is 1.13 bits per heavy atom. The van der Waals surface area contributed by atoms with Crippen molar-refractivity contribution in [2.45, 2.75) is 13.8 Å². The summed E-state index contributed by atoms with van der Waals surface area (Å²) in [6.07, 6.45) is 1.83. The molecule has 1 heterocycles. The first kappa shape index (κ1) is 9.97. The number of nitrogens with zero attached hydrogens (tertiary/aromatic N) is 2. The van der Waals surface area contributed by atoms with Crippen molar-refractivity contribution in [1.82, 2.24) is 4.98 Å². The normalized spacial score (nSPS) is 10.5. The Morgan fingerprint density at radius 3 is 2.67 bits per heavy atom. The van der Waals surface area contributed by atoms with Crippen LogP contribution in [0.3, 0.4) is 0 Å². The standard InChI is InChI=1S/C13H16N2/c1-3-15(4-2)12-7-8-13-11(10-12)6-5-9-14-13/h5-10H,3-4H2,1-2H3. The van der Waals surface area contributed by atoms with Crippen molar-refractivity contribution >= 4 is 16.6 Å². The number of fused-ring (bicyclic) bond motifs is 1. The maximum atomic E-state index is 4.31. The summed E-state index contributed by atoms with van der Waals surface area (Å²) < 4.78 is 0. The van der Waals surface area contributed by atoms with Crippen LogP contribution in [0.1, 0.15) is 13.8 Å². The van der Waals surface area contributed by atoms with Crippen LogP contribution in [0.25, 0.3) is 10.9 Å². The van der Waals surface area contributed by atoms with Gasteiger partial charge in [0, 0.05) is 30.4 Å². The Hall–Kier alpha value is -1.57. The first-order valence-corrected chi connectivity index (χ1v) is 5.45. The zero-order chi connectivity index (χ0) is 10.7. The molecule has 2 rings (SSSR count). The molecule has 0 aliphatic heterocycles. The third-order valence-corrected chi connectivity index (χ3v) is 2.72. The smallest absolute Gasteiger partial charge is 0.0703 e. The molecule has 0 saturated heterocycles. The fourth-order valence-corrected chi connectivity index (χ4v) is 1.85. The molecule has 78 valence electrons. The summed E-state index contributed by atoms with van der Waals surface area (Å²) in [6, 6.07) is 10.5. The van der Waals surface area contributed by atoms with Crippen molar-refractivity contribution in [3.8, 4) is 0 Å². The molecule has 2 aromatic rings. The summed E-state index contributed by atoms with van der Waals surface area (Å²) >= 11 is 0. The van der Waals surface area contributed by atoms with Crippen LogP contribution in [0.5, 0.6) is 0 Å². The molecule has 0 bridgehead atoms. The highest BCUT2D eigenvalue weighted by Crippen LogP contribution is 2.20. The second-order valence-corrected chi connectivity index (χ2v) is 3.55. The van der Waals surface area contributed by atoms with E-state index in [1.165, 1.54) is 11.1 Å². The molecule has 0 aliphatic rings. The van der Waals surface area contributed by atoms with E-state index in [2.05, 4.69) is 48.0 Å². The lowest BCUT2D eigenvalue weighted by Gasteiger charge is -2.21. The molecule has 0 atom stereocenters. The topological polar surface area (TPSA) is 16.1 Å². The molecular formula is C13H16N2. The molecule has 15 heavy (non-hydrogen) atoms. The van der Waals surface area contributed by atoms with Gasteiger partial charge in [0.2, 0.25) is 0 Å². The number of hydrogen-bond acceptors (Lipinski definition) is 2. The van der Waals surface area contributed by atoms with E-state index < -0.39 is 0 Å². The third-order valence-electron chi connectivity index (χ3n) is 2.72. The van der Waals surface area contributed by atoms with Gasteiger partial charge in [0.05, 0.1) is 5.52 Å². The Labute approximate surface area is 90.6 Å². The highest BCUT2D eigenvalue weighted by Gasteiger charge is 2.02. The molecule has 0 saturated carbocycles. The quantitative estimate of drug-likeness (QED) is 0.757. The van der Waals surface area contributed by atoms with Crippen LogP contribution in [0, 0.1) is 0 Å². The Kier molecular flexibility index (Phi) is 2.86. The minimum absolute atomic E-state index is 1.04. The van der Waals surface area contributed by atoms with Crippen LogP contribution in [0.4, 0.5) is 5.69 Å². The van der Waals surface area contributed by atoms with E-state index in [1.807, 2.05) is 12.3 Å². The lowest BCUT2D eigenvalue weighted by Crippen LogP contribution is -2.21. The summed E-state index contributed by atoms with van der Waals surface area (Å²) in [5.41, 5.74) is 2.34. The van der Waals surface area contributed by atoms with E-state index in [-0.39, 0.29) is 0 Å². The largest absolute Gasteiger partial charge is 0.372 e. The first-order valence-electron chi connectivity index (χ1n) is 5.45. The van der Waals surface area contributed by atoms with E-state index in [9.17, 15) is 0 Å². The molecule has 0 spiro atoms. The number of benzene rings is 1. The Balaban J connectivity index is 2.46. The third kappa shape index (κ3) is 1.94. The van der Waals surface area contributed by atoms with Gasteiger partial charge in [-0.2, -0.15) is 0 Å². The number of hydrogen-bond donors (Lipinski definition) is 0. The average Bonchev–Trinajstić information content (AvgIpc) is 2.30. The Bertz CT molecular complexity index is 447. The van der Waals surface area contributed by atoms with Crippen molar-refractivity contribution in [1.29, 1.82) is 0 Å². The molecule has 0 fully saturated rings. The van der Waals surface area contributed by atoms with Crippen LogP contribution >= 0.6 is 0 Å².